The number of carbonyl (C=O) groups excluding carboxylic acids is 2. The zero-order valence-electron chi connectivity index (χ0n) is 15.1. The van der Waals surface area contributed by atoms with E-state index in [-0.39, 0.29) is 12.4 Å². The predicted molar refractivity (Wildman–Crippen MR) is 100 cm³/mol. The molecule has 4 rings (SSSR count). The number of ether oxygens (including phenoxy) is 1. The normalized spacial score (nSPS) is 16.1. The van der Waals surface area contributed by atoms with Crippen LogP contribution in [-0.4, -0.2) is 51.7 Å². The highest BCUT2D eigenvalue weighted by atomic mass is 16.5. The maximum Gasteiger partial charge on any atom is 0.336 e. The fourth-order valence-corrected chi connectivity index (χ4v) is 2.96. The van der Waals surface area contributed by atoms with E-state index in [1.165, 1.54) is 0 Å². The lowest BCUT2D eigenvalue weighted by Crippen LogP contribution is -2.48. The van der Waals surface area contributed by atoms with E-state index >= 15 is 0 Å². The lowest BCUT2D eigenvalue weighted by atomic mass is 10.1. The van der Waals surface area contributed by atoms with Crippen molar-refractivity contribution in [1.29, 1.82) is 0 Å². The molecule has 0 saturated heterocycles. The molecule has 9 nitrogen and oxygen atoms in total. The molecule has 0 radical (unpaired) electrons. The SMILES string of the molecule is CN1C[C@H](NC(=O)c2nnc(Cc3ccccc3)[nH]2)C(=O)Oc2cccnc21. The van der Waals surface area contributed by atoms with E-state index in [0.29, 0.717) is 23.8 Å². The molecule has 0 bridgehead atoms. The Bertz CT molecular complexity index is 1000. The van der Waals surface area contributed by atoms with Gasteiger partial charge in [0.1, 0.15) is 11.9 Å². The van der Waals surface area contributed by atoms with Gasteiger partial charge in [-0.15, -0.1) is 10.2 Å². The molecule has 142 valence electrons. The molecular formula is C19H18N6O3. The Balaban J connectivity index is 1.44. The van der Waals surface area contributed by atoms with Crippen molar-refractivity contribution < 1.29 is 14.3 Å². The number of nitrogens with one attached hydrogen (secondary N) is 2. The number of hydrogen-bond donors (Lipinski definition) is 2. The summed E-state index contributed by atoms with van der Waals surface area (Å²) in [6, 6.07) is 12.2. The van der Waals surface area contributed by atoms with Crippen molar-refractivity contribution in [3.63, 3.8) is 0 Å². The fourth-order valence-electron chi connectivity index (χ4n) is 2.96. The first-order valence-electron chi connectivity index (χ1n) is 8.74. The molecule has 0 spiro atoms. The van der Waals surface area contributed by atoms with Crippen molar-refractivity contribution in [2.45, 2.75) is 12.5 Å². The van der Waals surface area contributed by atoms with Gasteiger partial charge in [0.05, 0.1) is 6.54 Å². The van der Waals surface area contributed by atoms with Crippen LogP contribution in [0.2, 0.25) is 0 Å². The highest BCUT2D eigenvalue weighted by molar-refractivity contribution is 5.94. The third-order valence-corrected chi connectivity index (χ3v) is 4.33. The van der Waals surface area contributed by atoms with Crippen LogP contribution in [0.1, 0.15) is 22.0 Å². The van der Waals surface area contributed by atoms with E-state index in [0.717, 1.165) is 5.56 Å². The number of anilines is 1. The number of benzene rings is 1. The Labute approximate surface area is 160 Å². The molecule has 2 N–H and O–H groups in total. The summed E-state index contributed by atoms with van der Waals surface area (Å²) in [7, 11) is 1.78. The lowest BCUT2D eigenvalue weighted by molar-refractivity contribution is -0.135. The van der Waals surface area contributed by atoms with Crippen molar-refractivity contribution in [3.8, 4) is 5.75 Å². The number of hydrogen-bond acceptors (Lipinski definition) is 7. The van der Waals surface area contributed by atoms with Crippen LogP contribution in [0.5, 0.6) is 5.75 Å². The Morgan fingerprint density at radius 1 is 1.25 bits per heavy atom. The Morgan fingerprint density at radius 2 is 2.07 bits per heavy atom. The second-order valence-corrected chi connectivity index (χ2v) is 6.44. The molecule has 28 heavy (non-hydrogen) atoms. The quantitative estimate of drug-likeness (QED) is 0.650. The molecule has 1 aliphatic heterocycles. The third-order valence-electron chi connectivity index (χ3n) is 4.33. The second kappa shape index (κ2) is 7.47. The van der Waals surface area contributed by atoms with Crippen LogP contribution in [0.25, 0.3) is 0 Å². The summed E-state index contributed by atoms with van der Waals surface area (Å²) in [5, 5.41) is 10.5. The molecule has 3 heterocycles. The predicted octanol–water partition coefficient (Wildman–Crippen LogP) is 0.944. The number of fused-ring (bicyclic) bond motifs is 1. The van der Waals surface area contributed by atoms with Crippen LogP contribution in [-0.2, 0) is 11.2 Å². The lowest BCUT2D eigenvalue weighted by Gasteiger charge is -2.19. The standard InChI is InChI=1S/C19H18N6O3/c1-25-11-13(19(27)28-14-8-5-9-20-17(14)25)21-18(26)16-22-15(23-24-16)10-12-6-3-2-4-7-12/h2-9,13H,10-11H2,1H3,(H,21,26)(H,22,23,24)/t13-/m0/s1. The summed E-state index contributed by atoms with van der Waals surface area (Å²) in [5.74, 6) is 0.417. The number of likely N-dealkylation sites (N-methyl/N-ethyl adjacent to an activating group) is 1. The zero-order valence-corrected chi connectivity index (χ0v) is 15.1. The van der Waals surface area contributed by atoms with E-state index in [2.05, 4.69) is 25.5 Å². The molecule has 9 heteroatoms. The molecule has 0 saturated carbocycles. The second-order valence-electron chi connectivity index (χ2n) is 6.44. The molecule has 1 aromatic carbocycles. The molecule has 1 atom stereocenters. The van der Waals surface area contributed by atoms with Gasteiger partial charge in [0.25, 0.3) is 5.91 Å². The molecule has 0 unspecified atom stereocenters. The van der Waals surface area contributed by atoms with Crippen molar-refractivity contribution in [1.82, 2.24) is 25.5 Å². The number of amides is 1. The van der Waals surface area contributed by atoms with Gasteiger partial charge in [0.2, 0.25) is 5.82 Å². The Hall–Kier alpha value is -3.75. The minimum atomic E-state index is -0.866. The van der Waals surface area contributed by atoms with Gasteiger partial charge in [-0.2, -0.15) is 0 Å². The molecule has 3 aromatic rings. The van der Waals surface area contributed by atoms with Gasteiger partial charge in [-0.25, -0.2) is 9.78 Å². The molecule has 1 aliphatic rings. The molecule has 2 aromatic heterocycles. The van der Waals surface area contributed by atoms with Gasteiger partial charge in [-0.1, -0.05) is 30.3 Å². The van der Waals surface area contributed by atoms with Crippen LogP contribution >= 0.6 is 0 Å². The number of esters is 1. The molecule has 0 fully saturated rings. The first-order chi connectivity index (χ1) is 13.6. The van der Waals surface area contributed by atoms with E-state index < -0.39 is 17.9 Å². The summed E-state index contributed by atoms with van der Waals surface area (Å²) in [5.41, 5.74) is 1.05. The molecule has 1 amide bonds. The zero-order chi connectivity index (χ0) is 19.5. The van der Waals surface area contributed by atoms with Crippen LogP contribution in [0.15, 0.2) is 48.7 Å². The van der Waals surface area contributed by atoms with Crippen molar-refractivity contribution >= 4 is 17.7 Å². The van der Waals surface area contributed by atoms with E-state index in [1.54, 1.807) is 30.3 Å². The average molecular weight is 378 g/mol. The number of aromatic nitrogens is 4. The summed E-state index contributed by atoms with van der Waals surface area (Å²) < 4.78 is 5.36. The van der Waals surface area contributed by atoms with Crippen molar-refractivity contribution in [2.24, 2.45) is 0 Å². The minimum absolute atomic E-state index is 0.0428. The first kappa shape index (κ1) is 17.7. The highest BCUT2D eigenvalue weighted by Crippen LogP contribution is 2.27. The summed E-state index contributed by atoms with van der Waals surface area (Å²) in [6.07, 6.45) is 2.14. The van der Waals surface area contributed by atoms with Crippen LogP contribution < -0.4 is 15.0 Å². The van der Waals surface area contributed by atoms with E-state index in [1.807, 2.05) is 30.3 Å². The van der Waals surface area contributed by atoms with Crippen LogP contribution in [0, 0.1) is 0 Å². The topological polar surface area (TPSA) is 113 Å². The van der Waals surface area contributed by atoms with Crippen molar-refractivity contribution in [2.75, 3.05) is 18.5 Å². The number of carbonyl (C=O) groups is 2. The number of aromatic amines is 1. The maximum atomic E-state index is 12.5. The molecule has 0 aliphatic carbocycles. The van der Waals surface area contributed by atoms with Gasteiger partial charge in [-0.05, 0) is 17.7 Å². The van der Waals surface area contributed by atoms with Gasteiger partial charge >= 0.3 is 5.97 Å². The number of H-pyrrole nitrogens is 1. The van der Waals surface area contributed by atoms with Crippen molar-refractivity contribution in [3.05, 3.63) is 65.9 Å². The minimum Gasteiger partial charge on any atom is -0.421 e. The third kappa shape index (κ3) is 3.68. The Morgan fingerprint density at radius 3 is 2.89 bits per heavy atom. The number of rotatable bonds is 4. The number of pyridine rings is 1. The summed E-state index contributed by atoms with van der Waals surface area (Å²) in [6.45, 7) is 0.222. The summed E-state index contributed by atoms with van der Waals surface area (Å²) in [4.78, 5) is 33.8. The molecular weight excluding hydrogens is 360 g/mol. The fraction of sp³-hybridized carbons (Fsp3) is 0.211. The van der Waals surface area contributed by atoms with Gasteiger partial charge in [0, 0.05) is 19.7 Å². The average Bonchev–Trinajstić information content (AvgIpc) is 3.12. The maximum absolute atomic E-state index is 12.5. The highest BCUT2D eigenvalue weighted by Gasteiger charge is 2.31. The van der Waals surface area contributed by atoms with E-state index in [4.69, 9.17) is 4.74 Å². The largest absolute Gasteiger partial charge is 0.421 e. The monoisotopic (exact) mass is 378 g/mol. The van der Waals surface area contributed by atoms with Gasteiger partial charge < -0.3 is 19.9 Å². The smallest absolute Gasteiger partial charge is 0.336 e. The number of nitrogens with zero attached hydrogens (tertiary/aromatic N) is 4. The van der Waals surface area contributed by atoms with Gasteiger partial charge in [-0.3, -0.25) is 4.79 Å². The Kier molecular flexibility index (Phi) is 4.71. The van der Waals surface area contributed by atoms with Gasteiger partial charge in [0.15, 0.2) is 11.6 Å². The van der Waals surface area contributed by atoms with Crippen LogP contribution in [0.4, 0.5) is 5.82 Å². The first-order valence-corrected chi connectivity index (χ1v) is 8.74. The summed E-state index contributed by atoms with van der Waals surface area (Å²) >= 11 is 0. The van der Waals surface area contributed by atoms with E-state index in [9.17, 15) is 9.59 Å². The van der Waals surface area contributed by atoms with Crippen LogP contribution in [0.3, 0.4) is 0 Å².